The van der Waals surface area contributed by atoms with Gasteiger partial charge in [-0.05, 0) is 92.7 Å². The van der Waals surface area contributed by atoms with Crippen molar-refractivity contribution >= 4 is 11.6 Å². The Morgan fingerprint density at radius 2 is 1.77 bits per heavy atom. The fourth-order valence-corrected chi connectivity index (χ4v) is 6.37. The number of ether oxygens (including phenoxy) is 1. The molecule has 5 rings (SSSR count). The summed E-state index contributed by atoms with van der Waals surface area (Å²) in [5.41, 5.74) is 5.42. The summed E-state index contributed by atoms with van der Waals surface area (Å²) in [4.78, 5) is 16.0. The molecule has 5 heteroatoms. The molecule has 0 spiro atoms. The minimum absolute atomic E-state index is 0.141. The third kappa shape index (κ3) is 6.74. The van der Waals surface area contributed by atoms with Gasteiger partial charge in [0.1, 0.15) is 5.75 Å². The molecular formula is C34H41N3O2. The lowest BCUT2D eigenvalue weighted by molar-refractivity contribution is -0.123. The largest absolute Gasteiger partial charge is 0.496 e. The van der Waals surface area contributed by atoms with E-state index in [0.29, 0.717) is 17.7 Å². The Kier molecular flexibility index (Phi) is 8.71. The number of aryl methyl sites for hydroxylation is 2. The SMILES string of the molecule is COc1ccc(C2CCC(CN(C(=O)C3CCCCC3)c3cccc(C#Cc4cnn(C)c4)c3)CC2)cc1C. The Hall–Kier alpha value is -3.52. The van der Waals surface area contributed by atoms with Gasteiger partial charge in [-0.1, -0.05) is 49.3 Å². The van der Waals surface area contributed by atoms with Crippen LogP contribution in [0.3, 0.4) is 0 Å². The first-order chi connectivity index (χ1) is 19.0. The maximum Gasteiger partial charge on any atom is 0.230 e. The predicted octanol–water partition coefficient (Wildman–Crippen LogP) is 7.02. The molecule has 0 bridgehead atoms. The van der Waals surface area contributed by atoms with Crippen molar-refractivity contribution < 1.29 is 9.53 Å². The van der Waals surface area contributed by atoms with Crippen molar-refractivity contribution in [3.63, 3.8) is 0 Å². The first-order valence-corrected chi connectivity index (χ1v) is 14.6. The summed E-state index contributed by atoms with van der Waals surface area (Å²) in [6.07, 6.45) is 13.9. The summed E-state index contributed by atoms with van der Waals surface area (Å²) in [5, 5.41) is 4.21. The number of aromatic nitrogens is 2. The third-order valence-corrected chi connectivity index (χ3v) is 8.61. The van der Waals surface area contributed by atoms with E-state index in [0.717, 1.165) is 67.6 Å². The number of anilines is 1. The number of methoxy groups -OCH3 is 1. The molecule has 0 atom stereocenters. The van der Waals surface area contributed by atoms with Gasteiger partial charge < -0.3 is 9.64 Å². The zero-order valence-corrected chi connectivity index (χ0v) is 23.7. The normalized spacial score (nSPS) is 19.7. The van der Waals surface area contributed by atoms with E-state index in [1.54, 1.807) is 18.0 Å². The fourth-order valence-electron chi connectivity index (χ4n) is 6.37. The molecular weight excluding hydrogens is 482 g/mol. The van der Waals surface area contributed by atoms with Crippen LogP contribution >= 0.6 is 0 Å². The lowest BCUT2D eigenvalue weighted by Crippen LogP contribution is -2.41. The average molecular weight is 524 g/mol. The van der Waals surface area contributed by atoms with Gasteiger partial charge in [-0.15, -0.1) is 0 Å². The average Bonchev–Trinajstić information content (AvgIpc) is 3.40. The first-order valence-electron chi connectivity index (χ1n) is 14.6. The molecule has 2 aliphatic rings. The maximum absolute atomic E-state index is 13.9. The van der Waals surface area contributed by atoms with Gasteiger partial charge in [-0.25, -0.2) is 0 Å². The Morgan fingerprint density at radius 1 is 1.00 bits per heavy atom. The quantitative estimate of drug-likeness (QED) is 0.326. The van der Waals surface area contributed by atoms with Crippen LogP contribution in [-0.4, -0.2) is 29.3 Å². The monoisotopic (exact) mass is 523 g/mol. The highest BCUT2D eigenvalue weighted by molar-refractivity contribution is 5.95. The van der Waals surface area contributed by atoms with Crippen LogP contribution in [0.25, 0.3) is 0 Å². The van der Waals surface area contributed by atoms with Crippen LogP contribution in [0, 0.1) is 30.6 Å². The lowest BCUT2D eigenvalue weighted by Gasteiger charge is -2.35. The summed E-state index contributed by atoms with van der Waals surface area (Å²) in [6.45, 7) is 2.92. The Morgan fingerprint density at radius 3 is 2.46 bits per heavy atom. The van der Waals surface area contributed by atoms with E-state index in [1.807, 2.05) is 25.4 Å². The van der Waals surface area contributed by atoms with Crippen molar-refractivity contribution in [1.29, 1.82) is 0 Å². The van der Waals surface area contributed by atoms with E-state index in [2.05, 4.69) is 59.1 Å². The number of carbonyl (C=O) groups is 1. The molecule has 3 aromatic rings. The molecule has 2 saturated carbocycles. The van der Waals surface area contributed by atoms with E-state index in [9.17, 15) is 4.79 Å². The molecule has 204 valence electrons. The van der Waals surface area contributed by atoms with Crippen LogP contribution < -0.4 is 9.64 Å². The molecule has 0 radical (unpaired) electrons. The number of amides is 1. The highest BCUT2D eigenvalue weighted by Gasteiger charge is 2.31. The van der Waals surface area contributed by atoms with Gasteiger partial charge in [-0.3, -0.25) is 9.48 Å². The molecule has 39 heavy (non-hydrogen) atoms. The molecule has 2 fully saturated rings. The summed E-state index contributed by atoms with van der Waals surface area (Å²) in [5.74, 6) is 8.98. The second-order valence-corrected chi connectivity index (χ2v) is 11.4. The summed E-state index contributed by atoms with van der Waals surface area (Å²) >= 11 is 0. The van der Waals surface area contributed by atoms with Crippen LogP contribution in [-0.2, 0) is 11.8 Å². The fraction of sp³-hybridized carbons (Fsp3) is 0.471. The zero-order chi connectivity index (χ0) is 27.2. The highest BCUT2D eigenvalue weighted by atomic mass is 16.5. The summed E-state index contributed by atoms with van der Waals surface area (Å²) < 4.78 is 7.22. The van der Waals surface area contributed by atoms with E-state index < -0.39 is 0 Å². The Labute approximate surface area is 233 Å². The second-order valence-electron chi connectivity index (χ2n) is 11.4. The summed E-state index contributed by atoms with van der Waals surface area (Å²) in [6, 6.07) is 14.9. The van der Waals surface area contributed by atoms with Gasteiger partial charge in [0.25, 0.3) is 0 Å². The van der Waals surface area contributed by atoms with Gasteiger partial charge >= 0.3 is 0 Å². The van der Waals surface area contributed by atoms with E-state index in [1.165, 1.54) is 30.4 Å². The Bertz CT molecular complexity index is 1330. The van der Waals surface area contributed by atoms with Gasteiger partial charge in [0.05, 0.1) is 18.9 Å². The molecule has 0 saturated heterocycles. The van der Waals surface area contributed by atoms with Crippen molar-refractivity contribution in [2.45, 2.75) is 70.6 Å². The third-order valence-electron chi connectivity index (χ3n) is 8.61. The Balaban J connectivity index is 1.31. The van der Waals surface area contributed by atoms with Gasteiger partial charge in [0.15, 0.2) is 0 Å². The standard InChI is InChI=1S/C34H41N3O2/c1-25-20-31(18-19-33(25)39-3)29-16-14-27(15-17-29)24-37(34(38)30-9-5-4-6-10-30)32-11-7-8-26(21-32)12-13-28-22-35-36(2)23-28/h7-8,11,18-23,27,29-30H,4-6,9-10,14-17,24H2,1-3H3. The van der Waals surface area contributed by atoms with Crippen molar-refractivity contribution in [2.24, 2.45) is 18.9 Å². The van der Waals surface area contributed by atoms with E-state index >= 15 is 0 Å². The smallest absolute Gasteiger partial charge is 0.230 e. The number of carbonyl (C=O) groups excluding carboxylic acids is 1. The topological polar surface area (TPSA) is 47.4 Å². The number of hydrogen-bond donors (Lipinski definition) is 0. The minimum Gasteiger partial charge on any atom is -0.496 e. The predicted molar refractivity (Wildman–Crippen MR) is 157 cm³/mol. The lowest BCUT2D eigenvalue weighted by atomic mass is 9.78. The van der Waals surface area contributed by atoms with E-state index in [-0.39, 0.29) is 5.92 Å². The molecule has 0 aliphatic heterocycles. The van der Waals surface area contributed by atoms with Crippen molar-refractivity contribution in [3.05, 3.63) is 77.1 Å². The number of benzene rings is 2. The highest BCUT2D eigenvalue weighted by Crippen LogP contribution is 2.38. The summed E-state index contributed by atoms with van der Waals surface area (Å²) in [7, 11) is 3.63. The van der Waals surface area contributed by atoms with Crippen LogP contribution in [0.2, 0.25) is 0 Å². The van der Waals surface area contributed by atoms with Crippen molar-refractivity contribution in [3.8, 4) is 17.6 Å². The van der Waals surface area contributed by atoms with Crippen molar-refractivity contribution in [2.75, 3.05) is 18.6 Å². The van der Waals surface area contributed by atoms with Crippen LogP contribution in [0.15, 0.2) is 54.9 Å². The van der Waals surface area contributed by atoms with Crippen LogP contribution in [0.4, 0.5) is 5.69 Å². The molecule has 0 N–H and O–H groups in total. The first kappa shape index (κ1) is 27.1. The molecule has 2 aromatic carbocycles. The van der Waals surface area contributed by atoms with Gasteiger partial charge in [0, 0.05) is 37.0 Å². The van der Waals surface area contributed by atoms with Gasteiger partial charge in [0.2, 0.25) is 5.91 Å². The molecule has 1 amide bonds. The minimum atomic E-state index is 0.141. The molecule has 1 heterocycles. The van der Waals surface area contributed by atoms with Crippen LogP contribution in [0.1, 0.15) is 86.0 Å². The molecule has 2 aliphatic carbocycles. The van der Waals surface area contributed by atoms with Gasteiger partial charge in [-0.2, -0.15) is 5.10 Å². The van der Waals surface area contributed by atoms with E-state index in [4.69, 9.17) is 4.74 Å². The number of hydrogen-bond acceptors (Lipinski definition) is 3. The number of rotatable bonds is 6. The zero-order valence-electron chi connectivity index (χ0n) is 23.7. The number of nitrogens with zero attached hydrogens (tertiary/aromatic N) is 3. The molecule has 0 unspecified atom stereocenters. The molecule has 5 nitrogen and oxygen atoms in total. The van der Waals surface area contributed by atoms with Crippen molar-refractivity contribution in [1.82, 2.24) is 9.78 Å². The molecule has 1 aromatic heterocycles. The second kappa shape index (κ2) is 12.6. The maximum atomic E-state index is 13.9. The van der Waals surface area contributed by atoms with Crippen LogP contribution in [0.5, 0.6) is 5.75 Å².